The van der Waals surface area contributed by atoms with E-state index in [9.17, 15) is 9.18 Å². The first-order valence-corrected chi connectivity index (χ1v) is 5.25. The van der Waals surface area contributed by atoms with E-state index >= 15 is 0 Å². The van der Waals surface area contributed by atoms with Crippen molar-refractivity contribution in [3.05, 3.63) is 35.5 Å². The Hall–Kier alpha value is -2.24. The van der Waals surface area contributed by atoms with Crippen molar-refractivity contribution in [2.75, 3.05) is 7.11 Å². The van der Waals surface area contributed by atoms with Gasteiger partial charge in [-0.2, -0.15) is 4.98 Å². The average Bonchev–Trinajstić information content (AvgIpc) is 2.76. The van der Waals surface area contributed by atoms with E-state index in [4.69, 9.17) is 4.52 Å². The molecule has 0 atom stereocenters. The number of rotatable bonds is 3. The Morgan fingerprint density at radius 3 is 2.89 bits per heavy atom. The molecular weight excluding hydrogens is 239 g/mol. The molecule has 1 heterocycles. The van der Waals surface area contributed by atoms with Crippen molar-refractivity contribution in [2.24, 2.45) is 0 Å². The molecular formula is C12H11FN2O3. The third-order valence-corrected chi connectivity index (χ3v) is 2.29. The number of aromatic nitrogens is 2. The van der Waals surface area contributed by atoms with Crippen LogP contribution in [0.2, 0.25) is 0 Å². The number of ether oxygens (including phenoxy) is 1. The first-order chi connectivity index (χ1) is 8.58. The maximum atomic E-state index is 13.2. The van der Waals surface area contributed by atoms with Crippen molar-refractivity contribution in [3.8, 4) is 11.4 Å². The number of carbonyl (C=O) groups excluding carboxylic acids is 1. The smallest absolute Gasteiger partial charge is 0.315 e. The van der Waals surface area contributed by atoms with Crippen LogP contribution >= 0.6 is 0 Å². The van der Waals surface area contributed by atoms with Crippen molar-refractivity contribution in [1.29, 1.82) is 0 Å². The average molecular weight is 250 g/mol. The van der Waals surface area contributed by atoms with Crippen LogP contribution in [0.25, 0.3) is 11.4 Å². The van der Waals surface area contributed by atoms with Crippen molar-refractivity contribution >= 4 is 5.97 Å². The fraction of sp³-hybridized carbons (Fsp3) is 0.250. The van der Waals surface area contributed by atoms with Crippen molar-refractivity contribution in [3.63, 3.8) is 0 Å². The predicted molar refractivity (Wildman–Crippen MR) is 60.1 cm³/mol. The van der Waals surface area contributed by atoms with E-state index in [0.29, 0.717) is 5.56 Å². The summed E-state index contributed by atoms with van der Waals surface area (Å²) in [6.07, 6.45) is -0.0994. The van der Waals surface area contributed by atoms with Gasteiger partial charge >= 0.3 is 5.97 Å². The second kappa shape index (κ2) is 4.95. The van der Waals surface area contributed by atoms with Crippen molar-refractivity contribution in [2.45, 2.75) is 13.3 Å². The number of halogens is 1. The summed E-state index contributed by atoms with van der Waals surface area (Å²) < 4.78 is 22.6. The number of methoxy groups -OCH3 is 1. The maximum absolute atomic E-state index is 13.2. The molecule has 0 spiro atoms. The van der Waals surface area contributed by atoms with Gasteiger partial charge in [0, 0.05) is 5.56 Å². The summed E-state index contributed by atoms with van der Waals surface area (Å²) in [6.45, 7) is 1.77. The highest BCUT2D eigenvalue weighted by Crippen LogP contribution is 2.19. The number of carbonyl (C=O) groups is 1. The quantitative estimate of drug-likeness (QED) is 0.778. The number of hydrogen-bond donors (Lipinski definition) is 0. The first-order valence-electron chi connectivity index (χ1n) is 5.25. The predicted octanol–water partition coefficient (Wildman–Crippen LogP) is 1.90. The molecule has 0 saturated heterocycles. The Labute approximate surface area is 103 Å². The van der Waals surface area contributed by atoms with Gasteiger partial charge in [0.1, 0.15) is 12.2 Å². The van der Waals surface area contributed by atoms with Gasteiger partial charge < -0.3 is 9.26 Å². The van der Waals surface area contributed by atoms with Crippen LogP contribution in [-0.2, 0) is 16.0 Å². The molecule has 0 aliphatic heterocycles. The second-order valence-corrected chi connectivity index (χ2v) is 3.78. The Morgan fingerprint density at radius 1 is 1.44 bits per heavy atom. The number of esters is 1. The molecule has 0 fully saturated rings. The minimum Gasteiger partial charge on any atom is -0.469 e. The Bertz CT molecular complexity index is 560. The molecule has 0 radical (unpaired) electrons. The Kier molecular flexibility index (Phi) is 3.36. The van der Waals surface area contributed by atoms with Gasteiger partial charge in [0.05, 0.1) is 7.11 Å². The summed E-state index contributed by atoms with van der Waals surface area (Å²) in [7, 11) is 1.27. The number of aryl methyl sites for hydroxylation is 1. The Balaban J connectivity index is 2.26. The number of hydrogen-bond acceptors (Lipinski definition) is 5. The molecule has 94 valence electrons. The molecule has 6 heteroatoms. The molecule has 18 heavy (non-hydrogen) atoms. The van der Waals surface area contributed by atoms with Crippen molar-refractivity contribution < 1.29 is 18.4 Å². The van der Waals surface area contributed by atoms with E-state index in [1.165, 1.54) is 19.2 Å². The molecule has 0 N–H and O–H groups in total. The van der Waals surface area contributed by atoms with Gasteiger partial charge in [-0.25, -0.2) is 4.39 Å². The zero-order valence-corrected chi connectivity index (χ0v) is 9.94. The zero-order chi connectivity index (χ0) is 13.1. The van der Waals surface area contributed by atoms with Crippen LogP contribution in [0, 0.1) is 12.7 Å². The van der Waals surface area contributed by atoms with E-state index in [0.717, 1.165) is 5.56 Å². The van der Waals surface area contributed by atoms with Crippen LogP contribution in [0.15, 0.2) is 22.7 Å². The largest absolute Gasteiger partial charge is 0.469 e. The molecule has 0 aliphatic rings. The van der Waals surface area contributed by atoms with E-state index in [1.807, 2.05) is 0 Å². The standard InChI is InChI=1S/C12H11FN2O3/c1-7-3-8(5-9(13)4-7)12-14-10(18-15-12)6-11(16)17-2/h3-5H,6H2,1-2H3. The molecule has 0 saturated carbocycles. The summed E-state index contributed by atoms with van der Waals surface area (Å²) in [5, 5.41) is 3.70. The summed E-state index contributed by atoms with van der Waals surface area (Å²) >= 11 is 0. The van der Waals surface area contributed by atoms with E-state index in [2.05, 4.69) is 14.9 Å². The molecule has 2 rings (SSSR count). The molecule has 1 aromatic carbocycles. The van der Waals surface area contributed by atoms with Crippen molar-refractivity contribution in [1.82, 2.24) is 10.1 Å². The van der Waals surface area contributed by atoms with Gasteiger partial charge in [-0.05, 0) is 30.7 Å². The van der Waals surface area contributed by atoms with Gasteiger partial charge in [-0.1, -0.05) is 5.16 Å². The van der Waals surface area contributed by atoms with Gasteiger partial charge in [-0.3, -0.25) is 4.79 Å². The number of benzene rings is 1. The summed E-state index contributed by atoms with van der Waals surface area (Å²) in [4.78, 5) is 15.0. The second-order valence-electron chi connectivity index (χ2n) is 3.78. The molecule has 0 amide bonds. The molecule has 2 aromatic rings. The zero-order valence-electron chi connectivity index (χ0n) is 9.94. The highest BCUT2D eigenvalue weighted by atomic mass is 19.1. The molecule has 5 nitrogen and oxygen atoms in total. The summed E-state index contributed by atoms with van der Waals surface area (Å²) in [5.74, 6) is -0.458. The fourth-order valence-electron chi connectivity index (χ4n) is 1.50. The lowest BCUT2D eigenvalue weighted by Gasteiger charge is -1.97. The van der Waals surface area contributed by atoms with Gasteiger partial charge in [-0.15, -0.1) is 0 Å². The third kappa shape index (κ3) is 2.71. The van der Waals surface area contributed by atoms with E-state index in [1.54, 1.807) is 13.0 Å². The van der Waals surface area contributed by atoms with Gasteiger partial charge in [0.2, 0.25) is 11.7 Å². The monoisotopic (exact) mass is 250 g/mol. The molecule has 0 bridgehead atoms. The summed E-state index contributed by atoms with van der Waals surface area (Å²) in [6, 6.07) is 4.44. The maximum Gasteiger partial charge on any atom is 0.315 e. The van der Waals surface area contributed by atoms with E-state index < -0.39 is 5.97 Å². The highest BCUT2D eigenvalue weighted by molar-refractivity contribution is 5.71. The topological polar surface area (TPSA) is 65.2 Å². The van der Waals surface area contributed by atoms with Crippen LogP contribution in [0.3, 0.4) is 0 Å². The van der Waals surface area contributed by atoms with Gasteiger partial charge in [0.25, 0.3) is 0 Å². The summed E-state index contributed by atoms with van der Waals surface area (Å²) in [5.41, 5.74) is 1.26. The minimum atomic E-state index is -0.472. The first kappa shape index (κ1) is 12.2. The van der Waals surface area contributed by atoms with Gasteiger partial charge in [0.15, 0.2) is 0 Å². The van der Waals surface area contributed by atoms with Crippen LogP contribution in [0.1, 0.15) is 11.5 Å². The minimum absolute atomic E-state index is 0.0994. The molecule has 0 aliphatic carbocycles. The van der Waals surface area contributed by atoms with Crippen LogP contribution in [0.4, 0.5) is 4.39 Å². The lowest BCUT2D eigenvalue weighted by molar-refractivity contribution is -0.140. The van der Waals surface area contributed by atoms with Crippen LogP contribution < -0.4 is 0 Å². The van der Waals surface area contributed by atoms with E-state index in [-0.39, 0.29) is 24.0 Å². The third-order valence-electron chi connectivity index (χ3n) is 2.29. The molecule has 1 aromatic heterocycles. The van der Waals surface area contributed by atoms with Crippen LogP contribution in [-0.4, -0.2) is 23.2 Å². The lowest BCUT2D eigenvalue weighted by atomic mass is 10.1. The highest BCUT2D eigenvalue weighted by Gasteiger charge is 2.13. The molecule has 0 unspecified atom stereocenters. The SMILES string of the molecule is COC(=O)Cc1nc(-c2cc(C)cc(F)c2)no1. The Morgan fingerprint density at radius 2 is 2.22 bits per heavy atom. The number of nitrogens with zero attached hydrogens (tertiary/aromatic N) is 2. The normalized spacial score (nSPS) is 10.4. The lowest BCUT2D eigenvalue weighted by Crippen LogP contribution is -2.04. The fourth-order valence-corrected chi connectivity index (χ4v) is 1.50. The van der Waals surface area contributed by atoms with Crippen LogP contribution in [0.5, 0.6) is 0 Å².